The minimum Gasteiger partial charge on any atom is -0.303 e. The SMILES string of the molecule is CN(Cc1c(C=O)cccc1SCCCCCCCSC12CC3CC4CC(C1)C43C2)C(C=O)CCC=O. The van der Waals surface area contributed by atoms with Crippen LogP contribution in [0.2, 0.25) is 0 Å². The third-order valence-electron chi connectivity index (χ3n) is 10.2. The highest BCUT2D eigenvalue weighted by Crippen LogP contribution is 2.84. The van der Waals surface area contributed by atoms with Crippen molar-refractivity contribution in [3.8, 4) is 0 Å². The van der Waals surface area contributed by atoms with Gasteiger partial charge in [-0.05, 0) is 105 Å². The van der Waals surface area contributed by atoms with Gasteiger partial charge in [0, 0.05) is 28.2 Å². The molecule has 0 radical (unpaired) electrons. The number of thioether (sulfide) groups is 2. The normalized spacial score (nSPS) is 31.5. The summed E-state index contributed by atoms with van der Waals surface area (Å²) in [7, 11) is 1.89. The van der Waals surface area contributed by atoms with Crippen LogP contribution in [0.1, 0.15) is 93.0 Å². The summed E-state index contributed by atoms with van der Waals surface area (Å²) in [6, 6.07) is 5.57. The third-order valence-corrected chi connectivity index (χ3v) is 13.0. The lowest BCUT2D eigenvalue weighted by Gasteiger charge is -2.66. The summed E-state index contributed by atoms with van der Waals surface area (Å²) in [5.74, 6) is 5.75. The number of carbonyl (C=O) groups is 3. The van der Waals surface area contributed by atoms with E-state index in [2.05, 4.69) is 17.8 Å². The zero-order valence-electron chi connectivity index (χ0n) is 22.4. The molecule has 0 aromatic heterocycles. The number of carbonyl (C=O) groups excluding carboxylic acids is 3. The van der Waals surface area contributed by atoms with Crippen molar-refractivity contribution in [2.45, 2.75) is 99.3 Å². The van der Waals surface area contributed by atoms with Crippen molar-refractivity contribution in [3.05, 3.63) is 29.3 Å². The predicted octanol–water partition coefficient (Wildman–Crippen LogP) is 6.83. The van der Waals surface area contributed by atoms with Crippen LogP contribution in [0.15, 0.2) is 23.1 Å². The fraction of sp³-hybridized carbons (Fsp3) is 0.710. The minimum absolute atomic E-state index is 0.315. The van der Waals surface area contributed by atoms with Crippen LogP contribution in [0.5, 0.6) is 0 Å². The summed E-state index contributed by atoms with van der Waals surface area (Å²) in [6.07, 6.45) is 17.8. The Morgan fingerprint density at radius 2 is 1.73 bits per heavy atom. The molecule has 4 nitrogen and oxygen atoms in total. The maximum atomic E-state index is 11.7. The van der Waals surface area contributed by atoms with E-state index in [1.807, 2.05) is 35.8 Å². The molecule has 6 heteroatoms. The second-order valence-electron chi connectivity index (χ2n) is 12.2. The predicted molar refractivity (Wildman–Crippen MR) is 153 cm³/mol. The van der Waals surface area contributed by atoms with Crippen molar-refractivity contribution in [3.63, 3.8) is 0 Å². The molecule has 4 aliphatic carbocycles. The Kier molecular flexibility index (Phi) is 8.87. The summed E-state index contributed by atoms with van der Waals surface area (Å²) >= 11 is 4.18. The molecule has 3 atom stereocenters. The lowest BCUT2D eigenvalue weighted by molar-refractivity contribution is -0.174. The summed E-state index contributed by atoms with van der Waals surface area (Å²) in [6.45, 7) is 0.530. The van der Waals surface area contributed by atoms with Gasteiger partial charge in [-0.2, -0.15) is 11.8 Å². The number of hydrogen-bond donors (Lipinski definition) is 0. The van der Waals surface area contributed by atoms with Crippen molar-refractivity contribution >= 4 is 42.4 Å². The van der Waals surface area contributed by atoms with E-state index in [9.17, 15) is 14.4 Å². The topological polar surface area (TPSA) is 54.5 Å². The summed E-state index contributed by atoms with van der Waals surface area (Å²) in [5, 5.41) is 0. The summed E-state index contributed by atoms with van der Waals surface area (Å²) in [5.41, 5.74) is 2.54. The molecule has 0 amide bonds. The van der Waals surface area contributed by atoms with Gasteiger partial charge in [-0.1, -0.05) is 31.4 Å². The smallest absolute Gasteiger partial charge is 0.150 e. The summed E-state index contributed by atoms with van der Waals surface area (Å²) in [4.78, 5) is 37.1. The van der Waals surface area contributed by atoms with Crippen molar-refractivity contribution in [1.82, 2.24) is 4.90 Å². The number of aldehydes is 3. The number of rotatable bonds is 18. The number of benzene rings is 1. The van der Waals surface area contributed by atoms with E-state index in [1.54, 1.807) is 32.1 Å². The standard InChI is InChI=1S/C31H43NO3S2/c1-32(27(21-35)10-8-12-33)19-28-23(20-34)9-7-11-29(28)36-13-5-3-2-4-6-14-37-30-17-25-15-24-16-26(18-30)31(24,25)22-30/h7,9,11-12,20-21,24-27H,2-6,8,10,13-19,22H2,1H3. The van der Waals surface area contributed by atoms with Crippen LogP contribution in [0.25, 0.3) is 0 Å². The van der Waals surface area contributed by atoms with E-state index in [0.717, 1.165) is 58.2 Å². The van der Waals surface area contributed by atoms with E-state index in [4.69, 9.17) is 0 Å². The van der Waals surface area contributed by atoms with Gasteiger partial charge in [-0.25, -0.2) is 0 Å². The first-order valence-electron chi connectivity index (χ1n) is 14.5. The van der Waals surface area contributed by atoms with Gasteiger partial charge in [-0.3, -0.25) is 9.69 Å². The zero-order chi connectivity index (χ0) is 25.9. The van der Waals surface area contributed by atoms with E-state index in [1.165, 1.54) is 37.9 Å². The Bertz CT molecular complexity index is 965. The molecule has 0 aliphatic heterocycles. The molecule has 3 unspecified atom stereocenters. The van der Waals surface area contributed by atoms with Crippen LogP contribution in [-0.2, 0) is 16.1 Å². The molecule has 2 bridgehead atoms. The zero-order valence-corrected chi connectivity index (χ0v) is 24.0. The molecule has 4 fully saturated rings. The molecule has 0 saturated heterocycles. The summed E-state index contributed by atoms with van der Waals surface area (Å²) < 4.78 is 0.680. The molecular weight excluding hydrogens is 498 g/mol. The Hall–Kier alpha value is -1.11. The average molecular weight is 542 g/mol. The van der Waals surface area contributed by atoms with E-state index in [0.29, 0.717) is 29.7 Å². The van der Waals surface area contributed by atoms with Crippen molar-refractivity contribution in [1.29, 1.82) is 0 Å². The van der Waals surface area contributed by atoms with Gasteiger partial charge in [0.05, 0.1) is 6.04 Å². The largest absolute Gasteiger partial charge is 0.303 e. The lowest BCUT2D eigenvalue weighted by Crippen LogP contribution is -2.59. The third kappa shape index (κ3) is 5.36. The van der Waals surface area contributed by atoms with Gasteiger partial charge in [-0.15, -0.1) is 11.8 Å². The van der Waals surface area contributed by atoms with Crippen LogP contribution in [0.3, 0.4) is 0 Å². The Morgan fingerprint density at radius 1 is 1.00 bits per heavy atom. The Labute approximate surface area is 231 Å². The number of fused-ring (bicyclic) bond motifs is 1. The number of hydrogen-bond acceptors (Lipinski definition) is 6. The Balaban J connectivity index is 0.991. The molecule has 202 valence electrons. The lowest BCUT2D eigenvalue weighted by atomic mass is 9.38. The molecule has 0 N–H and O–H groups in total. The van der Waals surface area contributed by atoms with Gasteiger partial charge < -0.3 is 9.59 Å². The highest BCUT2D eigenvalue weighted by atomic mass is 32.2. The molecule has 1 spiro atoms. The van der Waals surface area contributed by atoms with Gasteiger partial charge in [0.2, 0.25) is 0 Å². The van der Waals surface area contributed by atoms with E-state index >= 15 is 0 Å². The molecule has 4 aliphatic rings. The number of nitrogens with zero attached hydrogens (tertiary/aromatic N) is 1. The fourth-order valence-electron chi connectivity index (χ4n) is 8.37. The average Bonchev–Trinajstić information content (AvgIpc) is 3.36. The van der Waals surface area contributed by atoms with Crippen LogP contribution in [0.4, 0.5) is 0 Å². The maximum Gasteiger partial charge on any atom is 0.150 e. The van der Waals surface area contributed by atoms with Crippen LogP contribution in [-0.4, -0.2) is 53.1 Å². The first kappa shape index (κ1) is 27.5. The second kappa shape index (κ2) is 12.0. The maximum absolute atomic E-state index is 11.7. The van der Waals surface area contributed by atoms with Gasteiger partial charge in [0.15, 0.2) is 0 Å². The van der Waals surface area contributed by atoms with Crippen LogP contribution >= 0.6 is 23.5 Å². The van der Waals surface area contributed by atoms with Gasteiger partial charge in [0.25, 0.3) is 0 Å². The monoisotopic (exact) mass is 541 g/mol. The fourth-order valence-corrected chi connectivity index (χ4v) is 11.2. The molecule has 1 aromatic carbocycles. The van der Waals surface area contributed by atoms with Crippen molar-refractivity contribution < 1.29 is 14.4 Å². The first-order chi connectivity index (χ1) is 18.0. The highest BCUT2D eigenvalue weighted by molar-refractivity contribution is 8.00. The van der Waals surface area contributed by atoms with Crippen LogP contribution in [0, 0.1) is 23.2 Å². The molecular formula is C31H43NO3S2. The van der Waals surface area contributed by atoms with Crippen LogP contribution < -0.4 is 0 Å². The Morgan fingerprint density at radius 3 is 2.38 bits per heavy atom. The number of unbranched alkanes of at least 4 members (excludes halogenated alkanes) is 4. The quantitative estimate of drug-likeness (QED) is 0.115. The second-order valence-corrected chi connectivity index (χ2v) is 14.9. The molecule has 37 heavy (non-hydrogen) atoms. The van der Waals surface area contributed by atoms with Gasteiger partial charge in [0.1, 0.15) is 18.9 Å². The van der Waals surface area contributed by atoms with Crippen molar-refractivity contribution in [2.75, 3.05) is 18.6 Å². The molecule has 4 saturated carbocycles. The molecule has 0 heterocycles. The molecule has 5 rings (SSSR count). The molecule has 1 aromatic rings. The highest BCUT2D eigenvalue weighted by Gasteiger charge is 2.77. The van der Waals surface area contributed by atoms with E-state index in [-0.39, 0.29) is 6.04 Å². The van der Waals surface area contributed by atoms with Gasteiger partial charge >= 0.3 is 0 Å². The minimum atomic E-state index is -0.315. The number of likely N-dealkylation sites (N-methyl/N-ethyl adjacent to an activating group) is 1. The first-order valence-corrected chi connectivity index (χ1v) is 16.5. The van der Waals surface area contributed by atoms with Crippen molar-refractivity contribution in [2.24, 2.45) is 23.2 Å². The van der Waals surface area contributed by atoms with E-state index < -0.39 is 0 Å².